The minimum absolute atomic E-state index is 0.0155. The van der Waals surface area contributed by atoms with Gasteiger partial charge in [0.15, 0.2) is 11.5 Å². The van der Waals surface area contributed by atoms with Gasteiger partial charge >= 0.3 is 5.69 Å². The molecular weight excluding hydrogens is 590 g/mol. The first-order valence-electron chi connectivity index (χ1n) is 15.3. The molecule has 1 saturated heterocycles. The van der Waals surface area contributed by atoms with E-state index in [1.807, 2.05) is 43.9 Å². The van der Waals surface area contributed by atoms with Crippen molar-refractivity contribution in [2.75, 3.05) is 24.5 Å². The zero-order chi connectivity index (χ0) is 32.3. The fourth-order valence-electron chi connectivity index (χ4n) is 6.59. The largest absolute Gasteiger partial charge is 0.355 e. The van der Waals surface area contributed by atoms with Crippen LogP contribution in [0.1, 0.15) is 43.5 Å². The van der Waals surface area contributed by atoms with E-state index in [4.69, 9.17) is 4.98 Å². The van der Waals surface area contributed by atoms with Gasteiger partial charge in [0.1, 0.15) is 17.3 Å². The number of hydrogen-bond donors (Lipinski definition) is 0. The van der Waals surface area contributed by atoms with Gasteiger partial charge in [-0.2, -0.15) is 4.98 Å². The van der Waals surface area contributed by atoms with Crippen LogP contribution in [0.15, 0.2) is 66.1 Å². The van der Waals surface area contributed by atoms with Gasteiger partial charge in [-0.05, 0) is 61.1 Å². The standard InChI is InChI=1S/C34H32F2N8O2/c1-5-28(45)41-14-15-42(20(4)17-41)32-24-16-26(36)30-29-25(35)10-7-11-27(29)43-18-22(39-40-43)13-12-21-8-6-9-23(19(2)3)31(21)44(33(24)37-30)34(46)38-32/h5-11,16,18-20H,1,12-15,17H2,2-4H3/t20-/m0/s1. The summed E-state index contributed by atoms with van der Waals surface area (Å²) in [5, 5.41) is 8.85. The molecule has 1 atom stereocenters. The first-order chi connectivity index (χ1) is 22.2. The van der Waals surface area contributed by atoms with Crippen molar-refractivity contribution in [1.29, 1.82) is 0 Å². The predicted molar refractivity (Wildman–Crippen MR) is 170 cm³/mol. The Bertz CT molecular complexity index is 2100. The van der Waals surface area contributed by atoms with Crippen LogP contribution in [0.2, 0.25) is 0 Å². The lowest BCUT2D eigenvalue weighted by molar-refractivity contribution is -0.126. The van der Waals surface area contributed by atoms with E-state index in [1.54, 1.807) is 17.2 Å². The normalized spacial score (nSPS) is 16.1. The van der Waals surface area contributed by atoms with Crippen molar-refractivity contribution >= 4 is 22.8 Å². The second-order valence-electron chi connectivity index (χ2n) is 12.1. The minimum Gasteiger partial charge on any atom is -0.350 e. The lowest BCUT2D eigenvalue weighted by atomic mass is 9.95. The Morgan fingerprint density at radius 3 is 2.63 bits per heavy atom. The number of benzene rings is 2. The fourth-order valence-corrected chi connectivity index (χ4v) is 6.59. The summed E-state index contributed by atoms with van der Waals surface area (Å²) in [5.74, 6) is -1.39. The number of nitrogens with zero attached hydrogens (tertiary/aromatic N) is 8. The molecule has 3 aromatic heterocycles. The van der Waals surface area contributed by atoms with Gasteiger partial charge in [0.2, 0.25) is 5.91 Å². The van der Waals surface area contributed by atoms with E-state index in [1.165, 1.54) is 33.5 Å². The Kier molecular flexibility index (Phi) is 7.22. The first kappa shape index (κ1) is 29.5. The van der Waals surface area contributed by atoms with Crippen molar-refractivity contribution in [3.8, 4) is 22.6 Å². The van der Waals surface area contributed by atoms with E-state index in [9.17, 15) is 9.59 Å². The number of hydrogen-bond acceptors (Lipinski definition) is 7. The molecule has 0 aliphatic carbocycles. The molecule has 5 heterocycles. The molecule has 7 rings (SSSR count). The number of aryl methyl sites for hydroxylation is 2. The fraction of sp³-hybridized carbons (Fsp3) is 0.294. The van der Waals surface area contributed by atoms with Gasteiger partial charge in [-0.1, -0.05) is 49.9 Å². The van der Waals surface area contributed by atoms with Crippen LogP contribution in [0.4, 0.5) is 14.6 Å². The first-order valence-corrected chi connectivity index (χ1v) is 15.3. The summed E-state index contributed by atoms with van der Waals surface area (Å²) in [6.45, 7) is 10.7. The molecule has 10 nitrogen and oxygen atoms in total. The van der Waals surface area contributed by atoms with Gasteiger partial charge in [-0.25, -0.2) is 27.8 Å². The molecule has 2 aliphatic heterocycles. The second kappa shape index (κ2) is 11.3. The SMILES string of the molecule is C=CC(=O)N1CCN(c2nc(=O)n3c4nc(c(F)cc24)-c2c(F)cccc2-n2cc(nn2)CCc2cccc(C(C)C)c2-3)[C@@H](C)C1. The molecule has 2 aliphatic rings. The Balaban J connectivity index is 1.57. The molecule has 0 saturated carbocycles. The number of aromatic nitrogens is 6. The molecule has 12 heteroatoms. The van der Waals surface area contributed by atoms with Crippen molar-refractivity contribution in [1.82, 2.24) is 34.4 Å². The quantitative estimate of drug-likeness (QED) is 0.268. The molecule has 2 aromatic carbocycles. The Labute approximate surface area is 263 Å². The molecule has 1 fully saturated rings. The number of pyridine rings is 1. The number of amides is 1. The second-order valence-corrected chi connectivity index (χ2v) is 12.1. The highest BCUT2D eigenvalue weighted by molar-refractivity contribution is 5.92. The van der Waals surface area contributed by atoms with Gasteiger partial charge in [0.05, 0.1) is 34.2 Å². The zero-order valence-electron chi connectivity index (χ0n) is 25.7. The minimum atomic E-state index is -0.784. The van der Waals surface area contributed by atoms with Crippen LogP contribution in [-0.2, 0) is 17.6 Å². The van der Waals surface area contributed by atoms with Crippen LogP contribution in [0.5, 0.6) is 0 Å². The van der Waals surface area contributed by atoms with Crippen LogP contribution >= 0.6 is 0 Å². The van der Waals surface area contributed by atoms with Crippen molar-refractivity contribution < 1.29 is 13.6 Å². The molecule has 234 valence electrons. The van der Waals surface area contributed by atoms with Crippen molar-refractivity contribution in [2.45, 2.75) is 45.6 Å². The van der Waals surface area contributed by atoms with Gasteiger partial charge in [-0.15, -0.1) is 5.10 Å². The third-order valence-electron chi connectivity index (χ3n) is 8.85. The number of halogens is 2. The topological polar surface area (TPSA) is 102 Å². The monoisotopic (exact) mass is 622 g/mol. The van der Waals surface area contributed by atoms with Crippen molar-refractivity contribution in [3.05, 3.63) is 100 Å². The van der Waals surface area contributed by atoms with E-state index in [-0.39, 0.29) is 46.3 Å². The third kappa shape index (κ3) is 4.75. The summed E-state index contributed by atoms with van der Waals surface area (Å²) < 4.78 is 35.0. The van der Waals surface area contributed by atoms with Crippen molar-refractivity contribution in [3.63, 3.8) is 0 Å². The average molecular weight is 623 g/mol. The van der Waals surface area contributed by atoms with Crippen LogP contribution in [0.3, 0.4) is 0 Å². The zero-order valence-corrected chi connectivity index (χ0v) is 25.7. The van der Waals surface area contributed by atoms with Crippen LogP contribution in [0, 0.1) is 11.6 Å². The molecular formula is C34H32F2N8O2. The summed E-state index contributed by atoms with van der Waals surface area (Å²) in [5.41, 5.74) is 2.49. The Hall–Kier alpha value is -5.26. The maximum Gasteiger partial charge on any atom is 0.355 e. The maximum absolute atomic E-state index is 16.4. The smallest absolute Gasteiger partial charge is 0.350 e. The summed E-state index contributed by atoms with van der Waals surface area (Å²) in [6, 6.07) is 11.3. The number of rotatable bonds is 3. The number of carbonyl (C=O) groups is 1. The summed E-state index contributed by atoms with van der Waals surface area (Å²) >= 11 is 0. The molecule has 4 bridgehead atoms. The van der Waals surface area contributed by atoms with Gasteiger partial charge in [0, 0.05) is 25.7 Å². The molecule has 0 N–H and O–H groups in total. The van der Waals surface area contributed by atoms with E-state index < -0.39 is 17.3 Å². The van der Waals surface area contributed by atoms with Gasteiger partial charge < -0.3 is 9.80 Å². The lowest BCUT2D eigenvalue weighted by Gasteiger charge is -2.40. The Morgan fingerprint density at radius 1 is 1.07 bits per heavy atom. The average Bonchev–Trinajstić information content (AvgIpc) is 3.52. The van der Waals surface area contributed by atoms with E-state index in [0.717, 1.165) is 11.1 Å². The number of para-hydroxylation sites is 1. The molecule has 0 spiro atoms. The van der Waals surface area contributed by atoms with Crippen LogP contribution < -0.4 is 10.6 Å². The highest BCUT2D eigenvalue weighted by Gasteiger charge is 2.31. The van der Waals surface area contributed by atoms with Crippen molar-refractivity contribution in [2.24, 2.45) is 0 Å². The summed E-state index contributed by atoms with van der Waals surface area (Å²) in [7, 11) is 0. The van der Waals surface area contributed by atoms with E-state index in [0.29, 0.717) is 49.2 Å². The van der Waals surface area contributed by atoms with E-state index in [2.05, 4.69) is 21.9 Å². The molecule has 46 heavy (non-hydrogen) atoms. The van der Waals surface area contributed by atoms with Gasteiger partial charge in [0.25, 0.3) is 0 Å². The summed E-state index contributed by atoms with van der Waals surface area (Å²) in [4.78, 5) is 39.6. The number of fused-ring (bicyclic) bond motifs is 8. The molecule has 0 radical (unpaired) electrons. The molecule has 0 unspecified atom stereocenters. The number of piperazine rings is 1. The summed E-state index contributed by atoms with van der Waals surface area (Å²) in [6.07, 6.45) is 3.99. The lowest BCUT2D eigenvalue weighted by Crippen LogP contribution is -2.54. The third-order valence-corrected chi connectivity index (χ3v) is 8.85. The molecule has 5 aromatic rings. The van der Waals surface area contributed by atoms with Crippen LogP contribution in [0.25, 0.3) is 33.7 Å². The number of carbonyl (C=O) groups excluding carboxylic acids is 1. The number of anilines is 1. The van der Waals surface area contributed by atoms with Gasteiger partial charge in [-0.3, -0.25) is 4.79 Å². The molecule has 1 amide bonds. The maximum atomic E-state index is 16.4. The Morgan fingerprint density at radius 2 is 1.87 bits per heavy atom. The predicted octanol–water partition coefficient (Wildman–Crippen LogP) is 4.75. The van der Waals surface area contributed by atoms with E-state index >= 15 is 8.78 Å². The highest BCUT2D eigenvalue weighted by Crippen LogP contribution is 2.37. The van der Waals surface area contributed by atoms with Crippen LogP contribution in [-0.4, -0.2) is 66.0 Å². The highest BCUT2D eigenvalue weighted by atomic mass is 19.1.